The molecule has 1 aliphatic heterocycles. The van der Waals surface area contributed by atoms with Crippen molar-refractivity contribution in [2.75, 3.05) is 19.7 Å². The average molecular weight is 364 g/mol. The highest BCUT2D eigenvalue weighted by Crippen LogP contribution is 2.21. The van der Waals surface area contributed by atoms with Gasteiger partial charge in [-0.1, -0.05) is 6.92 Å². The van der Waals surface area contributed by atoms with Crippen molar-refractivity contribution in [2.24, 2.45) is 5.92 Å². The van der Waals surface area contributed by atoms with E-state index < -0.39 is 18.0 Å². The number of carbonyl (C=O) groups excluding carboxylic acids is 3. The number of H-pyrrole nitrogens is 1. The third-order valence-electron chi connectivity index (χ3n) is 4.72. The van der Waals surface area contributed by atoms with Gasteiger partial charge in [0, 0.05) is 18.8 Å². The predicted octanol–water partition coefficient (Wildman–Crippen LogP) is 2.61. The summed E-state index contributed by atoms with van der Waals surface area (Å²) < 4.78 is 10.4. The van der Waals surface area contributed by atoms with E-state index in [0.29, 0.717) is 30.3 Å². The van der Waals surface area contributed by atoms with Gasteiger partial charge in [0.2, 0.25) is 0 Å². The largest absolute Gasteiger partial charge is 0.461 e. The Morgan fingerprint density at radius 2 is 1.96 bits per heavy atom. The lowest BCUT2D eigenvalue weighted by Crippen LogP contribution is -2.44. The molecule has 2 rings (SSSR count). The Morgan fingerprint density at radius 1 is 1.27 bits per heavy atom. The quantitative estimate of drug-likeness (QED) is 0.811. The number of likely N-dealkylation sites (tertiary alicyclic amines) is 1. The van der Waals surface area contributed by atoms with Crippen LogP contribution in [-0.2, 0) is 14.3 Å². The minimum absolute atomic E-state index is 0.179. The predicted molar refractivity (Wildman–Crippen MR) is 96.1 cm³/mol. The highest BCUT2D eigenvalue weighted by atomic mass is 16.5. The number of hydrogen-bond donors (Lipinski definition) is 1. The molecule has 2 heterocycles. The van der Waals surface area contributed by atoms with Gasteiger partial charge in [0.15, 0.2) is 6.10 Å². The molecule has 0 aliphatic carbocycles. The number of piperidine rings is 1. The number of nitrogens with zero attached hydrogens (tertiary/aromatic N) is 1. The third-order valence-corrected chi connectivity index (χ3v) is 4.72. The second-order valence-electron chi connectivity index (χ2n) is 6.92. The maximum atomic E-state index is 12.6. The molecule has 0 radical (unpaired) electrons. The van der Waals surface area contributed by atoms with Crippen LogP contribution >= 0.6 is 0 Å². The van der Waals surface area contributed by atoms with Gasteiger partial charge in [-0.15, -0.1) is 0 Å². The van der Waals surface area contributed by atoms with Gasteiger partial charge in [0.1, 0.15) is 5.69 Å². The molecule has 0 bridgehead atoms. The lowest BCUT2D eigenvalue weighted by atomic mass is 10.00. The van der Waals surface area contributed by atoms with E-state index in [4.69, 9.17) is 9.47 Å². The second kappa shape index (κ2) is 8.38. The molecule has 1 fully saturated rings. The number of amides is 1. The molecule has 1 saturated heterocycles. The lowest BCUT2D eigenvalue weighted by Gasteiger charge is -2.32. The molecule has 7 heteroatoms. The summed E-state index contributed by atoms with van der Waals surface area (Å²) >= 11 is 0. The van der Waals surface area contributed by atoms with Gasteiger partial charge >= 0.3 is 11.9 Å². The van der Waals surface area contributed by atoms with Crippen molar-refractivity contribution in [2.45, 2.75) is 53.6 Å². The summed E-state index contributed by atoms with van der Waals surface area (Å²) in [5.41, 5.74) is 1.50. The number of nitrogens with one attached hydrogen (secondary N) is 1. The fourth-order valence-electron chi connectivity index (χ4n) is 3.38. The second-order valence-corrected chi connectivity index (χ2v) is 6.92. The minimum atomic E-state index is -0.868. The Kier molecular flexibility index (Phi) is 6.45. The number of aromatic amines is 1. The van der Waals surface area contributed by atoms with Crippen molar-refractivity contribution in [3.63, 3.8) is 0 Å². The van der Waals surface area contributed by atoms with E-state index in [1.54, 1.807) is 32.6 Å². The summed E-state index contributed by atoms with van der Waals surface area (Å²) in [5, 5.41) is 0. The molecule has 144 valence electrons. The number of rotatable bonds is 5. The van der Waals surface area contributed by atoms with Crippen LogP contribution in [0.1, 0.15) is 65.7 Å². The maximum Gasteiger partial charge on any atom is 0.355 e. The molecular weight excluding hydrogens is 336 g/mol. The van der Waals surface area contributed by atoms with E-state index >= 15 is 0 Å². The Balaban J connectivity index is 2.09. The van der Waals surface area contributed by atoms with Gasteiger partial charge in [0.05, 0.1) is 12.2 Å². The lowest BCUT2D eigenvalue weighted by molar-refractivity contribution is -0.141. The van der Waals surface area contributed by atoms with Crippen LogP contribution in [0.2, 0.25) is 0 Å². The highest BCUT2D eigenvalue weighted by Gasteiger charge is 2.30. The summed E-state index contributed by atoms with van der Waals surface area (Å²) in [5.74, 6) is -0.852. The topological polar surface area (TPSA) is 88.7 Å². The molecule has 7 nitrogen and oxygen atoms in total. The van der Waals surface area contributed by atoms with E-state index in [9.17, 15) is 14.4 Å². The maximum absolute atomic E-state index is 12.6. The molecule has 1 aromatic rings. The molecule has 1 aromatic heterocycles. The number of aryl methyl sites for hydroxylation is 1. The van der Waals surface area contributed by atoms with Crippen LogP contribution in [0.25, 0.3) is 0 Å². The number of hydrogen-bond acceptors (Lipinski definition) is 5. The first-order valence-corrected chi connectivity index (χ1v) is 9.12. The molecule has 26 heavy (non-hydrogen) atoms. The van der Waals surface area contributed by atoms with Gasteiger partial charge in [-0.3, -0.25) is 4.79 Å². The third kappa shape index (κ3) is 4.26. The van der Waals surface area contributed by atoms with Crippen LogP contribution in [0.5, 0.6) is 0 Å². The van der Waals surface area contributed by atoms with Gasteiger partial charge in [-0.2, -0.15) is 0 Å². The van der Waals surface area contributed by atoms with E-state index in [1.807, 2.05) is 0 Å². The summed E-state index contributed by atoms with van der Waals surface area (Å²) in [6.07, 6.45) is 1.20. The molecule has 1 aliphatic rings. The van der Waals surface area contributed by atoms with E-state index in [2.05, 4.69) is 11.9 Å². The molecule has 0 aromatic carbocycles. The summed E-state index contributed by atoms with van der Waals surface area (Å²) in [6.45, 7) is 10.4. The van der Waals surface area contributed by atoms with E-state index in [-0.39, 0.29) is 23.8 Å². The smallest absolute Gasteiger partial charge is 0.355 e. The van der Waals surface area contributed by atoms with Crippen molar-refractivity contribution in [3.05, 3.63) is 22.5 Å². The summed E-state index contributed by atoms with van der Waals surface area (Å²) in [6, 6.07) is 0. The zero-order valence-corrected chi connectivity index (χ0v) is 16.2. The van der Waals surface area contributed by atoms with Crippen molar-refractivity contribution in [1.29, 1.82) is 0 Å². The number of ether oxygens (including phenoxy) is 2. The van der Waals surface area contributed by atoms with Crippen LogP contribution in [0, 0.1) is 19.8 Å². The molecule has 0 unspecified atom stereocenters. The average Bonchev–Trinajstić information content (AvgIpc) is 2.89. The molecule has 0 saturated carbocycles. The molecular formula is C19H28N2O5. The fourth-order valence-corrected chi connectivity index (χ4v) is 3.38. The standard InChI is InChI=1S/C19H28N2O5/c1-6-25-19(24)16-12(3)15(13(4)20-16)18(23)26-14(5)17(22)21-9-7-8-11(2)10-21/h11,14,20H,6-10H2,1-5H3/t11-,14-/m1/s1. The normalized spacial score (nSPS) is 18.3. The van der Waals surface area contributed by atoms with Crippen LogP contribution in [0.4, 0.5) is 0 Å². The first kappa shape index (κ1) is 20.0. The van der Waals surface area contributed by atoms with Gasteiger partial charge < -0.3 is 19.4 Å². The van der Waals surface area contributed by atoms with E-state index in [1.165, 1.54) is 0 Å². The Hall–Kier alpha value is -2.31. The van der Waals surface area contributed by atoms with Crippen molar-refractivity contribution in [3.8, 4) is 0 Å². The highest BCUT2D eigenvalue weighted by molar-refractivity contribution is 5.99. The van der Waals surface area contributed by atoms with Crippen LogP contribution in [0.3, 0.4) is 0 Å². The number of esters is 2. The molecule has 1 amide bonds. The Morgan fingerprint density at radius 3 is 2.58 bits per heavy atom. The summed E-state index contributed by atoms with van der Waals surface area (Å²) in [4.78, 5) is 41.7. The number of carbonyl (C=O) groups is 3. The van der Waals surface area contributed by atoms with Gasteiger partial charge in [-0.25, -0.2) is 9.59 Å². The zero-order valence-electron chi connectivity index (χ0n) is 16.2. The van der Waals surface area contributed by atoms with Crippen molar-refractivity contribution in [1.82, 2.24) is 9.88 Å². The van der Waals surface area contributed by atoms with Crippen molar-refractivity contribution < 1.29 is 23.9 Å². The summed E-state index contributed by atoms with van der Waals surface area (Å²) in [7, 11) is 0. The van der Waals surface area contributed by atoms with Gasteiger partial charge in [-0.05, 0) is 52.0 Å². The van der Waals surface area contributed by atoms with Crippen LogP contribution in [-0.4, -0.2) is 53.5 Å². The fraction of sp³-hybridized carbons (Fsp3) is 0.632. The zero-order chi connectivity index (χ0) is 19.4. The minimum Gasteiger partial charge on any atom is -0.461 e. The Bertz CT molecular complexity index is 694. The van der Waals surface area contributed by atoms with Crippen LogP contribution < -0.4 is 0 Å². The number of aromatic nitrogens is 1. The monoisotopic (exact) mass is 364 g/mol. The Labute approximate surface area is 154 Å². The first-order chi connectivity index (χ1) is 12.3. The molecule has 2 atom stereocenters. The molecule has 1 N–H and O–H groups in total. The van der Waals surface area contributed by atoms with Gasteiger partial charge in [0.25, 0.3) is 5.91 Å². The van der Waals surface area contributed by atoms with Crippen molar-refractivity contribution >= 4 is 17.8 Å². The SMILES string of the molecule is CCOC(=O)c1[nH]c(C)c(C(=O)O[C@H](C)C(=O)N2CCC[C@@H](C)C2)c1C. The van der Waals surface area contributed by atoms with Crippen LogP contribution in [0.15, 0.2) is 0 Å². The van der Waals surface area contributed by atoms with E-state index in [0.717, 1.165) is 12.8 Å². The first-order valence-electron chi connectivity index (χ1n) is 9.12. The molecule has 0 spiro atoms.